The highest BCUT2D eigenvalue weighted by molar-refractivity contribution is 7.98. The average Bonchev–Trinajstić information content (AvgIpc) is 3.45. The largest absolute Gasteiger partial charge is 0.377 e. The van der Waals surface area contributed by atoms with Crippen LogP contribution in [-0.2, 0) is 17.1 Å². The molecule has 0 saturated carbocycles. The van der Waals surface area contributed by atoms with Crippen molar-refractivity contribution in [3.05, 3.63) is 74.6 Å². The number of thioether (sulfide) groups is 1. The van der Waals surface area contributed by atoms with Gasteiger partial charge in [-0.2, -0.15) is 14.5 Å². The van der Waals surface area contributed by atoms with Crippen molar-refractivity contribution in [2.75, 3.05) is 7.11 Å². The van der Waals surface area contributed by atoms with Gasteiger partial charge in [-0.3, -0.25) is 19.5 Å². The predicted octanol–water partition coefficient (Wildman–Crippen LogP) is 1.89. The van der Waals surface area contributed by atoms with Crippen LogP contribution in [0.25, 0.3) is 22.6 Å². The number of nitrogens with one attached hydrogen (secondary N) is 1. The number of nitrogens with zero attached hydrogens (tertiary/aromatic N) is 8. The number of pyridine rings is 1. The quantitative estimate of drug-likeness (QED) is 0.214. The fourth-order valence-electron chi connectivity index (χ4n) is 3.24. The van der Waals surface area contributed by atoms with E-state index in [-0.39, 0.29) is 23.8 Å². The first-order chi connectivity index (χ1) is 16.0. The number of aromatic amines is 1. The molecule has 4 heterocycles. The molecule has 5 aromatic rings. The second-order valence-corrected chi connectivity index (χ2v) is 7.82. The molecule has 1 aromatic carbocycles. The third-order valence-corrected chi connectivity index (χ3v) is 5.64. The Labute approximate surface area is 188 Å². The molecule has 0 aliphatic heterocycles. The normalized spacial score (nSPS) is 11.4. The molecule has 0 bridgehead atoms. The molecule has 166 valence electrons. The van der Waals surface area contributed by atoms with Crippen LogP contribution < -0.4 is 5.56 Å². The van der Waals surface area contributed by atoms with E-state index < -0.39 is 4.92 Å². The number of benzene rings is 1. The van der Waals surface area contributed by atoms with Crippen molar-refractivity contribution in [2.24, 2.45) is 0 Å². The summed E-state index contributed by atoms with van der Waals surface area (Å²) in [4.78, 5) is 36.4. The number of aromatic nitrogens is 8. The average molecular weight is 465 g/mol. The van der Waals surface area contributed by atoms with E-state index >= 15 is 0 Å². The summed E-state index contributed by atoms with van der Waals surface area (Å²) in [7, 11) is 1.55. The smallest absolute Gasteiger partial charge is 0.269 e. The first-order valence-electron chi connectivity index (χ1n) is 9.57. The van der Waals surface area contributed by atoms with E-state index in [2.05, 4.69) is 30.2 Å². The van der Waals surface area contributed by atoms with E-state index in [0.29, 0.717) is 33.4 Å². The lowest BCUT2D eigenvalue weighted by Gasteiger charge is -2.04. The molecule has 33 heavy (non-hydrogen) atoms. The molecule has 0 amide bonds. The Hall–Kier alpha value is -4.17. The maximum Gasteiger partial charge on any atom is 0.269 e. The molecule has 0 aliphatic rings. The zero-order valence-corrected chi connectivity index (χ0v) is 17.9. The van der Waals surface area contributed by atoms with Gasteiger partial charge in [-0.05, 0) is 11.6 Å². The van der Waals surface area contributed by atoms with Gasteiger partial charge in [0.05, 0.1) is 15.8 Å². The van der Waals surface area contributed by atoms with Gasteiger partial charge in [0.15, 0.2) is 5.82 Å². The van der Waals surface area contributed by atoms with Crippen molar-refractivity contribution in [3.63, 3.8) is 0 Å². The van der Waals surface area contributed by atoms with Gasteiger partial charge >= 0.3 is 0 Å². The summed E-state index contributed by atoms with van der Waals surface area (Å²) in [5, 5.41) is 22.9. The second kappa shape index (κ2) is 8.40. The standard InChI is InChI=1S/C19H15N9O4S/c1-32-9-15-21-17-20-8-13-14(27(17)25-15)5-6-26(16(13)29)18-22-19(24-23-18)33-10-11-3-2-4-12(7-11)28(30)31/h2-8H,9-10H2,1H3,(H,22,23,24). The Morgan fingerprint density at radius 2 is 2.15 bits per heavy atom. The van der Waals surface area contributed by atoms with E-state index in [1.165, 1.54) is 39.2 Å². The van der Waals surface area contributed by atoms with E-state index in [0.717, 1.165) is 5.56 Å². The predicted molar refractivity (Wildman–Crippen MR) is 117 cm³/mol. The SMILES string of the molecule is COCc1nc2ncc3c(=O)n(-c4nc(SCc5cccc([N+](=O)[O-])c5)n[nH]4)ccc3n2n1. The van der Waals surface area contributed by atoms with Crippen molar-refractivity contribution in [2.45, 2.75) is 17.5 Å². The number of ether oxygens (including phenoxy) is 1. The lowest BCUT2D eigenvalue weighted by Crippen LogP contribution is -2.20. The highest BCUT2D eigenvalue weighted by Gasteiger charge is 2.14. The van der Waals surface area contributed by atoms with Gasteiger partial charge in [0, 0.05) is 37.4 Å². The molecule has 0 atom stereocenters. The lowest BCUT2D eigenvalue weighted by atomic mass is 10.2. The number of nitro benzene ring substituents is 1. The van der Waals surface area contributed by atoms with Crippen LogP contribution in [0.4, 0.5) is 5.69 Å². The summed E-state index contributed by atoms with van der Waals surface area (Å²) in [6, 6.07) is 8.08. The minimum Gasteiger partial charge on any atom is -0.377 e. The molecule has 5 rings (SSSR count). The highest BCUT2D eigenvalue weighted by atomic mass is 32.2. The molecule has 0 fully saturated rings. The first-order valence-corrected chi connectivity index (χ1v) is 10.6. The van der Waals surface area contributed by atoms with E-state index in [4.69, 9.17) is 4.74 Å². The number of methoxy groups -OCH3 is 1. The molecule has 4 aromatic heterocycles. The maximum atomic E-state index is 13.1. The molecule has 0 spiro atoms. The van der Waals surface area contributed by atoms with E-state index in [1.54, 1.807) is 31.5 Å². The summed E-state index contributed by atoms with van der Waals surface area (Å²) in [5.74, 6) is 1.50. The minimum atomic E-state index is -0.439. The van der Waals surface area contributed by atoms with Crippen molar-refractivity contribution in [1.29, 1.82) is 0 Å². The Morgan fingerprint density at radius 1 is 1.27 bits per heavy atom. The number of fused-ring (bicyclic) bond motifs is 3. The lowest BCUT2D eigenvalue weighted by molar-refractivity contribution is -0.384. The Morgan fingerprint density at radius 3 is 2.97 bits per heavy atom. The van der Waals surface area contributed by atoms with Crippen LogP contribution in [0, 0.1) is 10.1 Å². The van der Waals surface area contributed by atoms with Crippen molar-refractivity contribution < 1.29 is 9.66 Å². The van der Waals surface area contributed by atoms with Crippen LogP contribution in [-0.4, -0.2) is 51.4 Å². The maximum absolute atomic E-state index is 13.1. The van der Waals surface area contributed by atoms with Crippen LogP contribution in [0.15, 0.2) is 52.7 Å². The van der Waals surface area contributed by atoms with E-state index in [1.807, 2.05) is 0 Å². The number of hydrogen-bond donors (Lipinski definition) is 1. The van der Waals surface area contributed by atoms with Gasteiger partial charge in [-0.15, -0.1) is 10.2 Å². The summed E-state index contributed by atoms with van der Waals surface area (Å²) >= 11 is 1.29. The molecule has 13 nitrogen and oxygen atoms in total. The van der Waals surface area contributed by atoms with Crippen LogP contribution in [0.3, 0.4) is 0 Å². The highest BCUT2D eigenvalue weighted by Crippen LogP contribution is 2.22. The molecule has 1 N–H and O–H groups in total. The van der Waals surface area contributed by atoms with Gasteiger partial charge in [-0.1, -0.05) is 23.9 Å². The first kappa shape index (κ1) is 20.7. The van der Waals surface area contributed by atoms with Gasteiger partial charge in [0.25, 0.3) is 17.0 Å². The Bertz CT molecular complexity index is 1560. The van der Waals surface area contributed by atoms with Crippen molar-refractivity contribution in [3.8, 4) is 5.95 Å². The zero-order chi connectivity index (χ0) is 22.9. The van der Waals surface area contributed by atoms with Gasteiger partial charge in [-0.25, -0.2) is 10.1 Å². The van der Waals surface area contributed by atoms with Crippen molar-refractivity contribution >= 4 is 34.1 Å². The fourth-order valence-corrected chi connectivity index (χ4v) is 3.97. The van der Waals surface area contributed by atoms with Gasteiger partial charge < -0.3 is 4.74 Å². The van der Waals surface area contributed by atoms with Gasteiger partial charge in [0.1, 0.15) is 6.61 Å². The molecular formula is C19H15N9O4S. The summed E-state index contributed by atoms with van der Waals surface area (Å²) < 4.78 is 7.88. The topological polar surface area (TPSA) is 159 Å². The number of H-pyrrole nitrogens is 1. The van der Waals surface area contributed by atoms with Crippen molar-refractivity contribution in [1.82, 2.24) is 39.3 Å². The fraction of sp³-hybridized carbons (Fsp3) is 0.158. The zero-order valence-electron chi connectivity index (χ0n) is 17.1. The van der Waals surface area contributed by atoms with Gasteiger partial charge in [0.2, 0.25) is 11.1 Å². The van der Waals surface area contributed by atoms with E-state index in [9.17, 15) is 14.9 Å². The number of nitro groups is 1. The number of non-ortho nitro benzene ring substituents is 1. The summed E-state index contributed by atoms with van der Waals surface area (Å²) in [5.41, 5.74) is 0.989. The second-order valence-electron chi connectivity index (χ2n) is 6.88. The minimum absolute atomic E-state index is 0.0240. The summed E-state index contributed by atoms with van der Waals surface area (Å²) in [6.45, 7) is 0.233. The van der Waals surface area contributed by atoms with Crippen LogP contribution in [0.2, 0.25) is 0 Å². The molecule has 0 aliphatic carbocycles. The monoisotopic (exact) mass is 465 g/mol. The molecule has 14 heteroatoms. The van der Waals surface area contributed by atoms with Crippen LogP contribution >= 0.6 is 11.8 Å². The third-order valence-electron chi connectivity index (χ3n) is 4.72. The Balaban J connectivity index is 1.42. The molecule has 0 saturated heterocycles. The molecular weight excluding hydrogens is 450 g/mol. The number of hydrogen-bond acceptors (Lipinski definition) is 10. The summed E-state index contributed by atoms with van der Waals surface area (Å²) in [6.07, 6.45) is 3.01. The Kier molecular flexibility index (Phi) is 5.27. The molecule has 0 unspecified atom stereocenters. The van der Waals surface area contributed by atoms with Crippen LogP contribution in [0.5, 0.6) is 0 Å². The van der Waals surface area contributed by atoms with Crippen LogP contribution in [0.1, 0.15) is 11.4 Å². The number of rotatable bonds is 7. The molecule has 0 radical (unpaired) electrons. The third kappa shape index (κ3) is 3.92.